The van der Waals surface area contributed by atoms with Crippen LogP contribution < -0.4 is 15.0 Å². The quantitative estimate of drug-likeness (QED) is 0.239. The molecule has 1 amide bonds. The zero-order valence-corrected chi connectivity index (χ0v) is 35.8. The van der Waals surface area contributed by atoms with Gasteiger partial charge in [0.25, 0.3) is 5.91 Å². The number of allylic oxidation sites excluding steroid dienone is 3. The Bertz CT molecular complexity index is 1970. The van der Waals surface area contributed by atoms with E-state index in [9.17, 15) is 20.1 Å². The molecule has 10 heteroatoms. The summed E-state index contributed by atoms with van der Waals surface area (Å²) < 4.78 is 7.37. The van der Waals surface area contributed by atoms with Crippen LogP contribution in [0, 0.1) is 16.7 Å². The van der Waals surface area contributed by atoms with Gasteiger partial charge in [-0.2, -0.15) is 0 Å². The summed E-state index contributed by atoms with van der Waals surface area (Å²) >= 11 is 0. The molecule has 11 atom stereocenters. The van der Waals surface area contributed by atoms with Gasteiger partial charge in [0.05, 0.1) is 39.3 Å². The van der Waals surface area contributed by atoms with Gasteiger partial charge in [-0.25, -0.2) is 0 Å². The highest BCUT2D eigenvalue weighted by Crippen LogP contribution is 2.68. The smallest absolute Gasteiger partial charge is 0.257 e. The summed E-state index contributed by atoms with van der Waals surface area (Å²) in [4.78, 5) is 21.8. The van der Waals surface area contributed by atoms with Crippen LogP contribution in [0.15, 0.2) is 59.4 Å². The number of likely N-dealkylation sites (N-methyl/N-ethyl adjacent to an activating group) is 2. The number of methoxy groups -OCH3 is 1. The number of piperidine rings is 1. The summed E-state index contributed by atoms with van der Waals surface area (Å²) in [5, 5.41) is 38.4. The monoisotopic (exact) mass is 783 g/mol. The minimum atomic E-state index is -2.16. The summed E-state index contributed by atoms with van der Waals surface area (Å²) in [6.07, 6.45) is 16.6. The number of rotatable bonds is 7. The van der Waals surface area contributed by atoms with Crippen LogP contribution in [-0.4, -0.2) is 139 Å². The zero-order chi connectivity index (χ0) is 40.5. The van der Waals surface area contributed by atoms with E-state index in [4.69, 9.17) is 4.74 Å². The molecule has 4 N–H and O–H groups in total. The number of aliphatic hydroxyl groups is 3. The maximum absolute atomic E-state index is 14.5. The van der Waals surface area contributed by atoms with Crippen molar-refractivity contribution in [3.63, 3.8) is 0 Å². The molecule has 6 heterocycles. The maximum atomic E-state index is 14.5. The van der Waals surface area contributed by atoms with Crippen LogP contribution >= 0.6 is 0 Å². The van der Waals surface area contributed by atoms with Crippen LogP contribution in [0.5, 0.6) is 5.75 Å². The van der Waals surface area contributed by atoms with Gasteiger partial charge in [0.1, 0.15) is 23.6 Å². The molecular weight excluding hydrogens is 715 g/mol. The van der Waals surface area contributed by atoms with Crippen molar-refractivity contribution in [3.05, 3.63) is 70.5 Å². The minimum absolute atomic E-state index is 0.000803. The number of nitrogens with zero attached hydrogens (tertiary/aromatic N) is 4. The molecule has 1 aromatic rings. The normalized spacial score (nSPS) is 42.6. The third-order valence-electron chi connectivity index (χ3n) is 17.1. The first-order chi connectivity index (χ1) is 27.1. The number of hydrogen-bond donors (Lipinski definition) is 4. The first kappa shape index (κ1) is 39.5. The van der Waals surface area contributed by atoms with Crippen LogP contribution in [0.1, 0.15) is 83.8 Å². The lowest BCUT2D eigenvalue weighted by molar-refractivity contribution is -0.871. The number of quaternary nitrogens is 1. The lowest BCUT2D eigenvalue weighted by atomic mass is 9.47. The first-order valence-corrected chi connectivity index (χ1v) is 22.0. The number of carbonyl (C=O) groups excluding carboxylic acids is 1. The molecule has 0 aromatic heterocycles. The second-order valence-electron chi connectivity index (χ2n) is 20.3. The Hall–Kier alpha value is -2.99. The molecular formula is C47H68N5O5+. The predicted octanol–water partition coefficient (Wildman–Crippen LogP) is 4.39. The number of aliphatic hydroxyl groups excluding tert-OH is 2. The standard InChI is InChI=1S/C47H67N5O5/c1-9-43(3)26-30-27-44(4,38-32(16-21-50(28-30)29-43)31-14-11-12-15-36(31)52(38,6)7)34-24-33-35(25-37(34)57-8)49(5)40-46(33)18-22-51-20-13-17-45(10-2,39(46)51)41(54)47(40,56)42(55)48-19-23-53/h11-14,17,24-25,30,36,39-41,53-54,56H,9-10,15-16,18-23,26-29H2,1-8H3/p+1. The Morgan fingerprint density at radius 2 is 1.86 bits per heavy atom. The molecule has 1 saturated carbocycles. The molecule has 0 radical (unpaired) electrons. The van der Waals surface area contributed by atoms with Crippen molar-refractivity contribution >= 4 is 11.6 Å². The van der Waals surface area contributed by atoms with Crippen molar-refractivity contribution in [2.75, 3.05) is 79.0 Å². The van der Waals surface area contributed by atoms with Gasteiger partial charge in [0.15, 0.2) is 5.60 Å². The number of anilines is 1. The van der Waals surface area contributed by atoms with Gasteiger partial charge in [-0.05, 0) is 75.0 Å². The largest absolute Gasteiger partial charge is 0.496 e. The first-order valence-electron chi connectivity index (χ1n) is 22.0. The number of ether oxygens (including phenoxy) is 1. The highest BCUT2D eigenvalue weighted by molar-refractivity contribution is 5.90. The molecule has 10 nitrogen and oxygen atoms in total. The van der Waals surface area contributed by atoms with Crippen LogP contribution in [0.2, 0.25) is 0 Å². The van der Waals surface area contributed by atoms with Crippen molar-refractivity contribution in [3.8, 4) is 5.75 Å². The molecule has 1 aromatic carbocycles. The van der Waals surface area contributed by atoms with Crippen LogP contribution in [0.4, 0.5) is 5.69 Å². The third kappa shape index (κ3) is 5.07. The fourth-order valence-electron chi connectivity index (χ4n) is 15.0. The lowest BCUT2D eigenvalue weighted by Crippen LogP contribution is -2.81. The van der Waals surface area contributed by atoms with Crippen molar-refractivity contribution in [1.29, 1.82) is 0 Å². The number of benzene rings is 1. The zero-order valence-electron chi connectivity index (χ0n) is 35.8. The van der Waals surface area contributed by atoms with E-state index >= 15 is 0 Å². The molecule has 6 aliphatic heterocycles. The second-order valence-corrected chi connectivity index (χ2v) is 20.3. The fourth-order valence-corrected chi connectivity index (χ4v) is 15.0. The minimum Gasteiger partial charge on any atom is -0.496 e. The molecule has 310 valence electrons. The maximum Gasteiger partial charge on any atom is 0.257 e. The summed E-state index contributed by atoms with van der Waals surface area (Å²) in [5.74, 6) is 0.702. The SMILES string of the molecule is CCC1(C)CC2CN(CCC3=C(C(C)(c4cc5c(cc4OC)N(C)C4C(O)(C(=O)NCCO)C(O)C6(CC)C=CCN7CCC54C76)C2)[N+](C)(C)C2CC=CC=C32)C1. The molecule has 2 aliphatic carbocycles. The van der Waals surface area contributed by atoms with E-state index in [1.54, 1.807) is 7.11 Å². The summed E-state index contributed by atoms with van der Waals surface area (Å²) in [6, 6.07) is 4.16. The summed E-state index contributed by atoms with van der Waals surface area (Å²) in [6.45, 7) is 14.1. The summed E-state index contributed by atoms with van der Waals surface area (Å²) in [5.41, 5.74) is 3.97. The van der Waals surface area contributed by atoms with Crippen molar-refractivity contribution < 1.29 is 29.3 Å². The average molecular weight is 783 g/mol. The lowest BCUT2D eigenvalue weighted by Gasteiger charge is -2.63. The Morgan fingerprint density at radius 1 is 1.07 bits per heavy atom. The number of amides is 1. The highest BCUT2D eigenvalue weighted by atomic mass is 16.5. The number of hydrogen-bond acceptors (Lipinski definition) is 8. The van der Waals surface area contributed by atoms with E-state index in [-0.39, 0.29) is 24.6 Å². The topological polar surface area (TPSA) is 109 Å². The van der Waals surface area contributed by atoms with Crippen LogP contribution in [-0.2, 0) is 15.6 Å². The molecule has 8 aliphatic rings. The van der Waals surface area contributed by atoms with E-state index in [1.165, 1.54) is 28.8 Å². The van der Waals surface area contributed by atoms with Gasteiger partial charge in [0.2, 0.25) is 0 Å². The Labute approximate surface area is 340 Å². The number of carbonyl (C=O) groups is 1. The van der Waals surface area contributed by atoms with Crippen molar-refractivity contribution in [2.24, 2.45) is 16.7 Å². The molecule has 57 heavy (non-hydrogen) atoms. The van der Waals surface area contributed by atoms with E-state index in [1.807, 2.05) is 7.05 Å². The van der Waals surface area contributed by atoms with Gasteiger partial charge in [-0.15, -0.1) is 0 Å². The average Bonchev–Trinajstić information content (AvgIpc) is 3.80. The molecule has 2 saturated heterocycles. The van der Waals surface area contributed by atoms with Gasteiger partial charge in [0, 0.05) is 91.5 Å². The second kappa shape index (κ2) is 13.3. The number of fused-ring (bicyclic) bond motifs is 5. The Morgan fingerprint density at radius 3 is 2.58 bits per heavy atom. The third-order valence-corrected chi connectivity index (χ3v) is 17.1. The fraction of sp³-hybridized carbons (Fsp3) is 0.681. The molecule has 3 fully saturated rings. The molecule has 2 bridgehead atoms. The van der Waals surface area contributed by atoms with Gasteiger partial charge < -0.3 is 35.2 Å². The highest BCUT2D eigenvalue weighted by Gasteiger charge is 2.78. The Balaban J connectivity index is 1.31. The van der Waals surface area contributed by atoms with E-state index in [0.717, 1.165) is 86.3 Å². The van der Waals surface area contributed by atoms with Crippen LogP contribution in [0.25, 0.3) is 0 Å². The van der Waals surface area contributed by atoms with Crippen molar-refractivity contribution in [1.82, 2.24) is 15.1 Å². The summed E-state index contributed by atoms with van der Waals surface area (Å²) in [7, 11) is 8.66. The van der Waals surface area contributed by atoms with Crippen LogP contribution in [0.3, 0.4) is 0 Å². The molecule has 11 unspecified atom stereocenters. The van der Waals surface area contributed by atoms with E-state index in [0.29, 0.717) is 18.4 Å². The van der Waals surface area contributed by atoms with Gasteiger partial charge in [-0.3, -0.25) is 14.2 Å². The van der Waals surface area contributed by atoms with Gasteiger partial charge in [-0.1, -0.05) is 51.2 Å². The van der Waals surface area contributed by atoms with Crippen molar-refractivity contribution in [2.45, 2.75) is 113 Å². The number of nitrogens with one attached hydrogen (secondary N) is 1. The van der Waals surface area contributed by atoms with E-state index < -0.39 is 39.9 Å². The molecule has 9 rings (SSSR count). The molecule has 1 spiro atoms. The van der Waals surface area contributed by atoms with Gasteiger partial charge >= 0.3 is 0 Å². The van der Waals surface area contributed by atoms with E-state index in [2.05, 4.69) is 104 Å². The predicted molar refractivity (Wildman–Crippen MR) is 224 cm³/mol. The Kier molecular flexibility index (Phi) is 9.18.